The summed E-state index contributed by atoms with van der Waals surface area (Å²) in [6, 6.07) is 9.96. The Balaban J connectivity index is 1.99. The van der Waals surface area contributed by atoms with Gasteiger partial charge in [0.25, 0.3) is 0 Å². The highest BCUT2D eigenvalue weighted by atomic mass is 16.2. The van der Waals surface area contributed by atoms with Gasteiger partial charge in [0.15, 0.2) is 0 Å². The molecule has 0 saturated heterocycles. The van der Waals surface area contributed by atoms with E-state index in [0.717, 1.165) is 0 Å². The maximum absolute atomic E-state index is 11.7. The maximum atomic E-state index is 11.7. The zero-order chi connectivity index (χ0) is 13.0. The minimum Gasteiger partial charge on any atom is -0.308 e. The van der Waals surface area contributed by atoms with E-state index in [0.29, 0.717) is 17.1 Å². The average molecular weight is 241 g/mol. The van der Waals surface area contributed by atoms with Gasteiger partial charge < -0.3 is 5.32 Å². The van der Waals surface area contributed by atoms with Gasteiger partial charge >= 0.3 is 6.03 Å². The molecule has 0 radical (unpaired) electrons. The van der Waals surface area contributed by atoms with E-state index in [1.807, 2.05) is 6.07 Å². The zero-order valence-corrected chi connectivity index (χ0v) is 9.71. The van der Waals surface area contributed by atoms with E-state index in [4.69, 9.17) is 5.26 Å². The highest BCUT2D eigenvalue weighted by Crippen LogP contribution is 2.10. The third-order valence-electron chi connectivity index (χ3n) is 2.33. The first-order valence-electron chi connectivity index (χ1n) is 5.25. The molecular weight excluding hydrogens is 230 g/mol. The van der Waals surface area contributed by atoms with Gasteiger partial charge in [-0.25, -0.2) is 4.79 Å². The van der Waals surface area contributed by atoms with Crippen LogP contribution in [0.4, 0.5) is 16.3 Å². The second kappa shape index (κ2) is 5.01. The van der Waals surface area contributed by atoms with Crippen molar-refractivity contribution in [2.45, 2.75) is 0 Å². The molecule has 2 amide bonds. The molecule has 0 aliphatic heterocycles. The Morgan fingerprint density at radius 2 is 2.00 bits per heavy atom. The zero-order valence-electron chi connectivity index (χ0n) is 9.71. The van der Waals surface area contributed by atoms with E-state index in [2.05, 4.69) is 15.7 Å². The van der Waals surface area contributed by atoms with Crippen LogP contribution in [0.1, 0.15) is 5.56 Å². The van der Waals surface area contributed by atoms with Crippen molar-refractivity contribution < 1.29 is 4.79 Å². The molecule has 18 heavy (non-hydrogen) atoms. The van der Waals surface area contributed by atoms with Crippen molar-refractivity contribution in [3.63, 3.8) is 0 Å². The molecular formula is C12H11N5O. The number of urea groups is 1. The summed E-state index contributed by atoms with van der Waals surface area (Å²) in [5.74, 6) is 0.598. The number of nitrogens with zero attached hydrogens (tertiary/aromatic N) is 3. The molecule has 90 valence electrons. The quantitative estimate of drug-likeness (QED) is 0.842. The minimum atomic E-state index is -0.358. The highest BCUT2D eigenvalue weighted by Gasteiger charge is 2.05. The van der Waals surface area contributed by atoms with Crippen LogP contribution in [-0.4, -0.2) is 15.8 Å². The van der Waals surface area contributed by atoms with Crippen LogP contribution < -0.4 is 10.6 Å². The lowest BCUT2D eigenvalue weighted by molar-refractivity contribution is 0.262. The summed E-state index contributed by atoms with van der Waals surface area (Å²) >= 11 is 0. The number of aromatic nitrogens is 2. The number of nitrogens with one attached hydrogen (secondary N) is 2. The average Bonchev–Trinajstić information content (AvgIpc) is 2.76. The Morgan fingerprint density at radius 1 is 1.28 bits per heavy atom. The fourth-order valence-corrected chi connectivity index (χ4v) is 1.40. The molecule has 2 rings (SSSR count). The molecule has 0 atom stereocenters. The predicted molar refractivity (Wildman–Crippen MR) is 67.0 cm³/mol. The number of carbonyl (C=O) groups is 1. The van der Waals surface area contributed by atoms with Gasteiger partial charge in [-0.05, 0) is 24.3 Å². The van der Waals surface area contributed by atoms with Crippen LogP contribution in [0, 0.1) is 11.3 Å². The predicted octanol–water partition coefficient (Wildman–Crippen LogP) is 1.94. The number of benzene rings is 1. The molecule has 0 bridgehead atoms. The lowest BCUT2D eigenvalue weighted by Gasteiger charge is -2.07. The van der Waals surface area contributed by atoms with Crippen LogP contribution in [-0.2, 0) is 7.05 Å². The third-order valence-corrected chi connectivity index (χ3v) is 2.33. The Morgan fingerprint density at radius 3 is 2.56 bits per heavy atom. The SMILES string of the molecule is Cn1nccc1NC(=O)Nc1ccc(C#N)cc1. The van der Waals surface area contributed by atoms with Crippen molar-refractivity contribution in [3.05, 3.63) is 42.1 Å². The number of hydrogen-bond donors (Lipinski definition) is 2. The molecule has 1 aromatic heterocycles. The molecule has 0 spiro atoms. The van der Waals surface area contributed by atoms with Crippen molar-refractivity contribution >= 4 is 17.5 Å². The van der Waals surface area contributed by atoms with Crippen molar-refractivity contribution in [1.29, 1.82) is 5.26 Å². The number of nitriles is 1. The normalized spacial score (nSPS) is 9.56. The van der Waals surface area contributed by atoms with Gasteiger partial charge in [-0.15, -0.1) is 0 Å². The van der Waals surface area contributed by atoms with Gasteiger partial charge in [0.05, 0.1) is 17.8 Å². The van der Waals surface area contributed by atoms with E-state index in [1.165, 1.54) is 0 Å². The van der Waals surface area contributed by atoms with E-state index < -0.39 is 0 Å². The summed E-state index contributed by atoms with van der Waals surface area (Å²) in [6.07, 6.45) is 1.59. The maximum Gasteiger partial charge on any atom is 0.324 e. The molecule has 0 aliphatic rings. The Bertz CT molecular complexity index is 594. The summed E-state index contributed by atoms with van der Waals surface area (Å²) in [7, 11) is 1.73. The van der Waals surface area contributed by atoms with Gasteiger partial charge in [-0.1, -0.05) is 0 Å². The fraction of sp³-hybridized carbons (Fsp3) is 0.0833. The van der Waals surface area contributed by atoms with Crippen molar-refractivity contribution in [3.8, 4) is 6.07 Å². The summed E-state index contributed by atoms with van der Waals surface area (Å²) in [6.45, 7) is 0. The van der Waals surface area contributed by atoms with Crippen LogP contribution in [0.25, 0.3) is 0 Å². The number of hydrogen-bond acceptors (Lipinski definition) is 3. The molecule has 1 heterocycles. The first-order chi connectivity index (χ1) is 8.69. The molecule has 0 unspecified atom stereocenters. The van der Waals surface area contributed by atoms with Gasteiger partial charge in [0, 0.05) is 18.8 Å². The molecule has 6 heteroatoms. The standard InChI is InChI=1S/C12H11N5O/c1-17-11(6-7-14-17)16-12(18)15-10-4-2-9(8-13)3-5-10/h2-7H,1H3,(H2,15,16,18). The van der Waals surface area contributed by atoms with Gasteiger partial charge in [-0.3, -0.25) is 10.00 Å². The van der Waals surface area contributed by atoms with Crippen LogP contribution in [0.2, 0.25) is 0 Å². The highest BCUT2D eigenvalue weighted by molar-refractivity contribution is 5.99. The lowest BCUT2D eigenvalue weighted by atomic mass is 10.2. The Hall–Kier alpha value is -2.81. The van der Waals surface area contributed by atoms with Gasteiger partial charge in [0.1, 0.15) is 5.82 Å². The number of amides is 2. The van der Waals surface area contributed by atoms with Crippen molar-refractivity contribution in [2.75, 3.05) is 10.6 Å². The molecule has 2 N–H and O–H groups in total. The lowest BCUT2D eigenvalue weighted by Crippen LogP contribution is -2.20. The second-order valence-corrected chi connectivity index (χ2v) is 3.61. The summed E-state index contributed by atoms with van der Waals surface area (Å²) < 4.78 is 1.55. The van der Waals surface area contributed by atoms with Crippen LogP contribution in [0.5, 0.6) is 0 Å². The molecule has 0 aliphatic carbocycles. The van der Waals surface area contributed by atoms with E-state index in [1.54, 1.807) is 48.3 Å². The van der Waals surface area contributed by atoms with Crippen LogP contribution in [0.15, 0.2) is 36.5 Å². The van der Waals surface area contributed by atoms with Crippen molar-refractivity contribution in [2.24, 2.45) is 7.05 Å². The smallest absolute Gasteiger partial charge is 0.308 e. The van der Waals surface area contributed by atoms with E-state index in [9.17, 15) is 4.79 Å². The first kappa shape index (κ1) is 11.7. The molecule has 2 aromatic rings. The molecule has 1 aromatic carbocycles. The van der Waals surface area contributed by atoms with E-state index >= 15 is 0 Å². The molecule has 0 saturated carbocycles. The molecule has 6 nitrogen and oxygen atoms in total. The van der Waals surface area contributed by atoms with Gasteiger partial charge in [-0.2, -0.15) is 10.4 Å². The second-order valence-electron chi connectivity index (χ2n) is 3.61. The molecule has 0 fully saturated rings. The minimum absolute atomic E-state index is 0.358. The van der Waals surface area contributed by atoms with Crippen LogP contribution >= 0.6 is 0 Å². The van der Waals surface area contributed by atoms with E-state index in [-0.39, 0.29) is 6.03 Å². The number of aryl methyl sites for hydroxylation is 1. The summed E-state index contributed by atoms with van der Waals surface area (Å²) in [4.78, 5) is 11.7. The van der Waals surface area contributed by atoms with Gasteiger partial charge in [0.2, 0.25) is 0 Å². The number of carbonyl (C=O) groups excluding carboxylic acids is 1. The fourth-order valence-electron chi connectivity index (χ4n) is 1.40. The third kappa shape index (κ3) is 2.65. The number of anilines is 2. The topological polar surface area (TPSA) is 82.7 Å². The monoisotopic (exact) mass is 241 g/mol. The number of rotatable bonds is 2. The van der Waals surface area contributed by atoms with Crippen molar-refractivity contribution in [1.82, 2.24) is 9.78 Å². The first-order valence-corrected chi connectivity index (χ1v) is 5.25. The summed E-state index contributed by atoms with van der Waals surface area (Å²) in [5.41, 5.74) is 1.17. The summed E-state index contributed by atoms with van der Waals surface area (Å²) in [5, 5.41) is 17.9. The largest absolute Gasteiger partial charge is 0.324 e. The Kier molecular flexibility index (Phi) is 3.25. The Labute approximate surface area is 104 Å². The van der Waals surface area contributed by atoms with Crippen LogP contribution in [0.3, 0.4) is 0 Å².